The summed E-state index contributed by atoms with van der Waals surface area (Å²) >= 11 is 0. The molecule has 260 valence electrons. The Morgan fingerprint density at radius 2 is 1.63 bits per heavy atom. The van der Waals surface area contributed by atoms with Gasteiger partial charge in [0.25, 0.3) is 0 Å². The van der Waals surface area contributed by atoms with Crippen LogP contribution in [0.3, 0.4) is 0 Å². The van der Waals surface area contributed by atoms with E-state index < -0.39 is 60.7 Å². The fourth-order valence-corrected chi connectivity index (χ4v) is 6.73. The van der Waals surface area contributed by atoms with Crippen molar-refractivity contribution in [2.75, 3.05) is 19.8 Å². The molecule has 3 fully saturated rings. The van der Waals surface area contributed by atoms with Crippen molar-refractivity contribution in [3.8, 4) is 0 Å². The van der Waals surface area contributed by atoms with Gasteiger partial charge < -0.3 is 33.2 Å². The van der Waals surface area contributed by atoms with E-state index in [1.165, 1.54) is 18.5 Å². The van der Waals surface area contributed by atoms with E-state index in [0.29, 0.717) is 25.5 Å². The van der Waals surface area contributed by atoms with Crippen LogP contribution in [0, 0.1) is 0 Å². The number of aromatic nitrogens is 3. The van der Waals surface area contributed by atoms with E-state index in [9.17, 15) is 9.59 Å². The Kier molecular flexibility index (Phi) is 9.61. The number of rotatable bonds is 8. The molecule has 0 aliphatic carbocycles. The first-order valence-corrected chi connectivity index (χ1v) is 16.3. The van der Waals surface area contributed by atoms with Gasteiger partial charge >= 0.3 is 11.9 Å². The molecule has 4 aliphatic rings. The van der Waals surface area contributed by atoms with Gasteiger partial charge in [-0.15, -0.1) is 5.10 Å². The highest BCUT2D eigenvalue weighted by Gasteiger charge is 2.54. The third-order valence-corrected chi connectivity index (χ3v) is 8.78. The molecule has 1 aromatic heterocycles. The maximum absolute atomic E-state index is 12.5. The van der Waals surface area contributed by atoms with Gasteiger partial charge in [-0.2, -0.15) is 5.06 Å². The fraction of sp³-hybridized carbons (Fsp3) is 0.486. The number of benzene rings is 2. The number of hydrogen-bond acceptors (Lipinski definition) is 13. The fourth-order valence-electron chi connectivity index (χ4n) is 6.73. The zero-order valence-electron chi connectivity index (χ0n) is 27.7. The molecule has 0 amide bonds. The molecule has 0 saturated carbocycles. The molecule has 49 heavy (non-hydrogen) atoms. The van der Waals surface area contributed by atoms with Gasteiger partial charge in [-0.1, -0.05) is 65.9 Å². The van der Waals surface area contributed by atoms with Gasteiger partial charge in [0.2, 0.25) is 0 Å². The summed E-state index contributed by atoms with van der Waals surface area (Å²) in [6, 6.07) is 19.0. The van der Waals surface area contributed by atoms with Crippen LogP contribution in [0.1, 0.15) is 57.0 Å². The number of hydroxylamine groups is 2. The van der Waals surface area contributed by atoms with E-state index >= 15 is 0 Å². The summed E-state index contributed by atoms with van der Waals surface area (Å²) in [7, 11) is 0. The second kappa shape index (κ2) is 14.1. The third kappa shape index (κ3) is 7.31. The van der Waals surface area contributed by atoms with Gasteiger partial charge in [0, 0.05) is 31.5 Å². The maximum Gasteiger partial charge on any atom is 0.303 e. The van der Waals surface area contributed by atoms with Crippen molar-refractivity contribution in [1.29, 1.82) is 0 Å². The molecule has 0 bridgehead atoms. The number of nitrogens with zero attached hydrogens (tertiary/aromatic N) is 4. The van der Waals surface area contributed by atoms with Gasteiger partial charge in [-0.05, 0) is 25.5 Å². The molecule has 4 unspecified atom stereocenters. The van der Waals surface area contributed by atoms with Crippen LogP contribution in [-0.2, 0) is 54.1 Å². The molecule has 5 heterocycles. The smallest absolute Gasteiger partial charge is 0.303 e. The SMILES string of the molecule is CC(=O)OC1C(OC(C)=O)[C@H](n2cc(C3=CCON(Cc4ccccc4)[C@@H]3[C@H]3COC(C)(C)O3)nn2)OC2COC(c3ccccc3)O[C@@H]21. The quantitative estimate of drug-likeness (QED) is 0.322. The minimum Gasteiger partial charge on any atom is -0.455 e. The first-order chi connectivity index (χ1) is 23.6. The van der Waals surface area contributed by atoms with Crippen molar-refractivity contribution < 1.29 is 47.6 Å². The lowest BCUT2D eigenvalue weighted by Crippen LogP contribution is -2.62. The largest absolute Gasteiger partial charge is 0.455 e. The van der Waals surface area contributed by atoms with Gasteiger partial charge in [-0.25, -0.2) is 4.68 Å². The van der Waals surface area contributed by atoms with Crippen molar-refractivity contribution in [1.82, 2.24) is 20.1 Å². The third-order valence-electron chi connectivity index (χ3n) is 8.78. The van der Waals surface area contributed by atoms with Crippen molar-refractivity contribution in [3.63, 3.8) is 0 Å². The normalized spacial score (nSPS) is 31.4. The molecule has 3 aromatic rings. The van der Waals surface area contributed by atoms with Crippen LogP contribution in [0.25, 0.3) is 5.57 Å². The lowest BCUT2D eigenvalue weighted by molar-refractivity contribution is -0.341. The Bertz CT molecular complexity index is 1650. The van der Waals surface area contributed by atoms with Gasteiger partial charge in [0.15, 0.2) is 30.5 Å². The van der Waals surface area contributed by atoms with Crippen molar-refractivity contribution in [2.24, 2.45) is 0 Å². The summed E-state index contributed by atoms with van der Waals surface area (Å²) < 4.78 is 44.2. The standard InChI is InChI=1S/C35H40N4O10/c1-21(40)45-31-30-28(19-42-34(48-30)24-13-9-6-10-14-24)47-33(32(31)46-22(2)41)38-18-26(36-37-38)25-15-16-44-39(17-23-11-7-5-8-12-23)29(25)27-20-43-35(3,4)49-27/h5-15,18,27-34H,16-17,19-20H2,1-4H3/t27-,28?,29+,30+,31?,32?,33-,34?/m1/s1. The Morgan fingerprint density at radius 3 is 2.33 bits per heavy atom. The van der Waals surface area contributed by atoms with E-state index in [1.54, 1.807) is 6.20 Å². The zero-order valence-corrected chi connectivity index (χ0v) is 27.7. The molecule has 14 nitrogen and oxygen atoms in total. The number of carbonyl (C=O) groups is 2. The summed E-state index contributed by atoms with van der Waals surface area (Å²) in [5.74, 6) is -1.93. The Morgan fingerprint density at radius 1 is 0.918 bits per heavy atom. The lowest BCUT2D eigenvalue weighted by atomic mass is 9.95. The first-order valence-electron chi connectivity index (χ1n) is 16.3. The molecule has 3 saturated heterocycles. The number of carbonyl (C=O) groups excluding carboxylic acids is 2. The lowest BCUT2D eigenvalue weighted by Gasteiger charge is -2.48. The summed E-state index contributed by atoms with van der Waals surface area (Å²) in [6.45, 7) is 7.59. The highest BCUT2D eigenvalue weighted by atomic mass is 16.8. The van der Waals surface area contributed by atoms with Crippen LogP contribution in [0.5, 0.6) is 0 Å². The van der Waals surface area contributed by atoms with E-state index in [1.807, 2.05) is 85.7 Å². The second-order valence-electron chi connectivity index (χ2n) is 12.8. The highest BCUT2D eigenvalue weighted by Crippen LogP contribution is 2.41. The number of ether oxygens (including phenoxy) is 7. The van der Waals surface area contributed by atoms with E-state index in [4.69, 9.17) is 38.0 Å². The average molecular weight is 677 g/mol. The molecule has 2 aromatic carbocycles. The number of fused-ring (bicyclic) bond motifs is 1. The molecular weight excluding hydrogens is 636 g/mol. The monoisotopic (exact) mass is 676 g/mol. The molecule has 0 spiro atoms. The summed E-state index contributed by atoms with van der Waals surface area (Å²) in [5, 5.41) is 10.9. The van der Waals surface area contributed by atoms with Crippen LogP contribution in [-0.4, -0.2) is 94.2 Å². The molecule has 14 heteroatoms. The van der Waals surface area contributed by atoms with E-state index in [-0.39, 0.29) is 12.7 Å². The molecular formula is C35H40N4O10. The van der Waals surface area contributed by atoms with Crippen LogP contribution in [0.15, 0.2) is 72.9 Å². The average Bonchev–Trinajstić information content (AvgIpc) is 3.72. The molecule has 8 atom stereocenters. The topological polar surface area (TPSA) is 142 Å². The van der Waals surface area contributed by atoms with Crippen LogP contribution in [0.2, 0.25) is 0 Å². The minimum absolute atomic E-state index is 0.126. The predicted octanol–water partition coefficient (Wildman–Crippen LogP) is 3.50. The number of esters is 2. The maximum atomic E-state index is 12.5. The highest BCUT2D eigenvalue weighted by molar-refractivity contribution is 5.68. The van der Waals surface area contributed by atoms with Crippen LogP contribution < -0.4 is 0 Å². The Hall–Kier alpha value is -4.02. The zero-order chi connectivity index (χ0) is 34.1. The van der Waals surface area contributed by atoms with E-state index in [0.717, 1.165) is 16.7 Å². The number of hydrogen-bond donors (Lipinski definition) is 0. The van der Waals surface area contributed by atoms with Gasteiger partial charge in [0.1, 0.15) is 24.0 Å². The summed E-state index contributed by atoms with van der Waals surface area (Å²) in [4.78, 5) is 31.1. The molecule has 4 aliphatic heterocycles. The first kappa shape index (κ1) is 33.5. The molecule has 0 N–H and O–H groups in total. The van der Waals surface area contributed by atoms with Crippen LogP contribution in [0.4, 0.5) is 0 Å². The van der Waals surface area contributed by atoms with Gasteiger partial charge in [-0.3, -0.25) is 14.4 Å². The Labute approximate surface area is 283 Å². The van der Waals surface area contributed by atoms with Crippen LogP contribution >= 0.6 is 0 Å². The molecule has 7 rings (SSSR count). The summed E-state index contributed by atoms with van der Waals surface area (Å²) in [6.07, 6.45) is -2.11. The van der Waals surface area contributed by atoms with Gasteiger partial charge in [0.05, 0.1) is 32.1 Å². The second-order valence-corrected chi connectivity index (χ2v) is 12.8. The van der Waals surface area contributed by atoms with Crippen molar-refractivity contribution in [3.05, 3.63) is 89.8 Å². The predicted molar refractivity (Wildman–Crippen MR) is 170 cm³/mol. The Balaban J connectivity index is 1.19. The minimum atomic E-state index is -1.12. The van der Waals surface area contributed by atoms with Crippen molar-refractivity contribution in [2.45, 2.75) is 89.1 Å². The van der Waals surface area contributed by atoms with Crippen molar-refractivity contribution >= 4 is 17.5 Å². The molecule has 0 radical (unpaired) electrons. The van der Waals surface area contributed by atoms with E-state index in [2.05, 4.69) is 10.3 Å². The summed E-state index contributed by atoms with van der Waals surface area (Å²) in [5.41, 5.74) is 3.21.